The molecule has 0 radical (unpaired) electrons. The molecule has 11 heteroatoms. The molecule has 0 aliphatic rings. The van der Waals surface area contributed by atoms with Gasteiger partial charge in [0.2, 0.25) is 0 Å². The third-order valence-electron chi connectivity index (χ3n) is 11.3. The summed E-state index contributed by atoms with van der Waals surface area (Å²) >= 11 is 0. The number of carboxylic acids is 2. The van der Waals surface area contributed by atoms with Crippen molar-refractivity contribution in [1.29, 1.82) is 0 Å². The quantitative estimate of drug-likeness (QED) is 0.0357. The molecule has 364 valence electrons. The average Bonchev–Trinajstić information content (AvgIpc) is 3.27. The van der Waals surface area contributed by atoms with E-state index in [1.165, 1.54) is 116 Å². The van der Waals surface area contributed by atoms with Gasteiger partial charge in [-0.3, -0.25) is 0 Å². The molecule has 2 aromatic carbocycles. The van der Waals surface area contributed by atoms with Crippen molar-refractivity contribution in [3.63, 3.8) is 0 Å². The summed E-state index contributed by atoms with van der Waals surface area (Å²) in [4.78, 5) is 44.3. The molecule has 0 saturated heterocycles. The molecule has 2 aromatic rings. The van der Waals surface area contributed by atoms with Gasteiger partial charge in [0.25, 0.3) is 0 Å². The second kappa shape index (κ2) is 46.9. The Morgan fingerprint density at radius 3 is 0.908 bits per heavy atom. The van der Waals surface area contributed by atoms with Crippen molar-refractivity contribution in [2.45, 2.75) is 232 Å². The van der Waals surface area contributed by atoms with Gasteiger partial charge in [-0.25, -0.2) is 9.59 Å². The molecule has 2 rings (SSSR count). The molecule has 0 fully saturated rings. The summed E-state index contributed by atoms with van der Waals surface area (Å²) in [6.07, 6.45) is 32.9. The second-order valence-electron chi connectivity index (χ2n) is 17.6. The molecule has 0 N–H and O–H groups in total. The molecule has 0 saturated carbocycles. The van der Waals surface area contributed by atoms with Gasteiger partial charge in [-0.1, -0.05) is 202 Å². The SMILES string of the molecule is CC(CCCCCCCCCCCCCCCC(=O)[O-])OC(=O)COCc1ccccc1.CC(CCCCCCCCCCCCCCCC(=O)[O-])OC(=O)COCc1ccccc1.[Ba+2]. The predicted molar refractivity (Wildman–Crippen MR) is 258 cm³/mol. The van der Waals surface area contributed by atoms with E-state index in [-0.39, 0.29) is 99.1 Å². The van der Waals surface area contributed by atoms with E-state index in [0.717, 1.165) is 75.3 Å². The van der Waals surface area contributed by atoms with E-state index in [1.807, 2.05) is 74.5 Å². The maximum absolute atomic E-state index is 11.8. The van der Waals surface area contributed by atoms with Crippen LogP contribution < -0.4 is 10.2 Å². The van der Waals surface area contributed by atoms with Crippen LogP contribution in [0.25, 0.3) is 0 Å². The van der Waals surface area contributed by atoms with E-state index < -0.39 is 11.9 Å². The first-order valence-electron chi connectivity index (χ1n) is 25.2. The molecule has 65 heavy (non-hydrogen) atoms. The van der Waals surface area contributed by atoms with E-state index in [4.69, 9.17) is 18.9 Å². The molecular weight excluding hydrogens is 946 g/mol. The number of esters is 2. The Bertz CT molecular complexity index is 1290. The van der Waals surface area contributed by atoms with Crippen LogP contribution in [0.5, 0.6) is 0 Å². The van der Waals surface area contributed by atoms with Crippen molar-refractivity contribution in [2.24, 2.45) is 0 Å². The summed E-state index contributed by atoms with van der Waals surface area (Å²) < 4.78 is 21.7. The van der Waals surface area contributed by atoms with Gasteiger partial charge in [0, 0.05) is 11.9 Å². The van der Waals surface area contributed by atoms with Gasteiger partial charge in [-0.15, -0.1) is 0 Å². The summed E-state index contributed by atoms with van der Waals surface area (Å²) in [5.41, 5.74) is 2.10. The largest absolute Gasteiger partial charge is 2.00 e. The van der Waals surface area contributed by atoms with Crippen LogP contribution in [-0.2, 0) is 51.3 Å². The van der Waals surface area contributed by atoms with Crippen LogP contribution >= 0.6 is 0 Å². The Kier molecular flexibility index (Phi) is 45.3. The van der Waals surface area contributed by atoms with Crippen LogP contribution in [0.2, 0.25) is 0 Å². The van der Waals surface area contributed by atoms with Crippen LogP contribution in [0.1, 0.15) is 218 Å². The van der Waals surface area contributed by atoms with Gasteiger partial charge in [0.1, 0.15) is 13.2 Å². The molecule has 0 amide bonds. The molecule has 10 nitrogen and oxygen atoms in total. The monoisotopic (exact) mass is 1030 g/mol. The molecular formula is C54H86BaO10. The number of aliphatic carboxylic acids is 2. The number of carboxylic acid groups (broad SMARTS) is 2. The molecule has 0 aliphatic carbocycles. The summed E-state index contributed by atoms with van der Waals surface area (Å²) in [7, 11) is 0. The van der Waals surface area contributed by atoms with Crippen LogP contribution in [0.4, 0.5) is 0 Å². The third-order valence-corrected chi connectivity index (χ3v) is 11.3. The molecule has 0 bridgehead atoms. The summed E-state index contributed by atoms with van der Waals surface area (Å²) in [6.45, 7) is 4.77. The standard InChI is InChI=1S/2C27H44O5.Ba/c2*1-24(32-27(30)23-31-22-25-19-15-13-16-20-25)18-14-11-9-7-5-3-2-4-6-8-10-12-17-21-26(28)29;/h2*13,15-16,19-20,24H,2-12,14,17-18,21-23H2,1H3,(H,28,29);/q;;+2/p-2. The van der Waals surface area contributed by atoms with Gasteiger partial charge in [-0.2, -0.15) is 0 Å². The fourth-order valence-corrected chi connectivity index (χ4v) is 7.58. The minimum atomic E-state index is -0.928. The van der Waals surface area contributed by atoms with Crippen molar-refractivity contribution in [2.75, 3.05) is 13.2 Å². The Balaban J connectivity index is 0.00000124. The van der Waals surface area contributed by atoms with Gasteiger partial charge in [0.05, 0.1) is 25.4 Å². The summed E-state index contributed by atoms with van der Waals surface area (Å²) in [6, 6.07) is 19.6. The Hall–Kier alpha value is -2.19. The Morgan fingerprint density at radius 1 is 0.400 bits per heavy atom. The van der Waals surface area contributed by atoms with Gasteiger partial charge in [-0.05, 0) is 76.3 Å². The normalized spacial score (nSPS) is 11.7. The number of hydrogen-bond acceptors (Lipinski definition) is 10. The van der Waals surface area contributed by atoms with Crippen LogP contribution in [0, 0.1) is 0 Å². The zero-order valence-electron chi connectivity index (χ0n) is 40.8. The number of benzene rings is 2. The fraction of sp³-hybridized carbons (Fsp3) is 0.704. The van der Waals surface area contributed by atoms with E-state index in [2.05, 4.69) is 0 Å². The van der Waals surface area contributed by atoms with E-state index >= 15 is 0 Å². The fourth-order valence-electron chi connectivity index (χ4n) is 7.58. The second-order valence-corrected chi connectivity index (χ2v) is 17.6. The summed E-state index contributed by atoms with van der Waals surface area (Å²) in [5.74, 6) is -2.43. The van der Waals surface area contributed by atoms with Gasteiger partial charge >= 0.3 is 60.8 Å². The van der Waals surface area contributed by atoms with E-state index in [0.29, 0.717) is 13.2 Å². The third kappa shape index (κ3) is 45.4. The first-order valence-corrected chi connectivity index (χ1v) is 25.2. The molecule has 0 spiro atoms. The zero-order chi connectivity index (χ0) is 46.6. The summed E-state index contributed by atoms with van der Waals surface area (Å²) in [5, 5.41) is 20.6. The van der Waals surface area contributed by atoms with E-state index in [1.54, 1.807) is 0 Å². The number of carbonyl (C=O) groups excluding carboxylic acids is 4. The number of ether oxygens (including phenoxy) is 4. The molecule has 0 aliphatic heterocycles. The molecule has 0 heterocycles. The van der Waals surface area contributed by atoms with Gasteiger partial charge < -0.3 is 38.7 Å². The Labute approximate surface area is 434 Å². The molecule has 2 atom stereocenters. The number of unbranched alkanes of at least 4 members (excludes halogenated alkanes) is 24. The van der Waals surface area contributed by atoms with Crippen LogP contribution in [0.3, 0.4) is 0 Å². The van der Waals surface area contributed by atoms with E-state index in [9.17, 15) is 29.4 Å². The first-order chi connectivity index (χ1) is 31.2. The average molecular weight is 1030 g/mol. The number of rotatable bonds is 42. The van der Waals surface area contributed by atoms with Crippen LogP contribution in [-0.4, -0.2) is 98.2 Å². The smallest absolute Gasteiger partial charge is 0.550 e. The molecule has 0 aromatic heterocycles. The van der Waals surface area contributed by atoms with Crippen molar-refractivity contribution in [1.82, 2.24) is 0 Å². The number of hydrogen-bond donors (Lipinski definition) is 0. The first kappa shape index (κ1) is 62.8. The van der Waals surface area contributed by atoms with Crippen molar-refractivity contribution in [3.8, 4) is 0 Å². The van der Waals surface area contributed by atoms with Crippen LogP contribution in [0.15, 0.2) is 60.7 Å². The topological polar surface area (TPSA) is 151 Å². The van der Waals surface area contributed by atoms with Crippen molar-refractivity contribution in [3.05, 3.63) is 71.8 Å². The van der Waals surface area contributed by atoms with Crippen molar-refractivity contribution < 1.29 is 48.3 Å². The maximum atomic E-state index is 11.8. The predicted octanol–water partition coefficient (Wildman–Crippen LogP) is 11.1. The Morgan fingerprint density at radius 2 is 0.646 bits per heavy atom. The zero-order valence-corrected chi connectivity index (χ0v) is 45.2. The number of carbonyl (C=O) groups is 4. The van der Waals surface area contributed by atoms with Gasteiger partial charge in [0.15, 0.2) is 0 Å². The minimum absolute atomic E-state index is 0. The molecule has 2 unspecified atom stereocenters. The van der Waals surface area contributed by atoms with Crippen molar-refractivity contribution >= 4 is 72.8 Å². The minimum Gasteiger partial charge on any atom is -0.550 e. The maximum Gasteiger partial charge on any atom is 2.00 e.